The van der Waals surface area contributed by atoms with Crippen molar-refractivity contribution in [2.24, 2.45) is 0 Å². The Morgan fingerprint density at radius 3 is 2.72 bits per heavy atom. The number of benzene rings is 2. The van der Waals surface area contributed by atoms with Crippen LogP contribution in [0.25, 0.3) is 5.69 Å². The van der Waals surface area contributed by atoms with Crippen molar-refractivity contribution in [2.75, 3.05) is 19.0 Å². The molecule has 1 atom stereocenters. The van der Waals surface area contributed by atoms with Crippen LogP contribution in [0.5, 0.6) is 11.5 Å². The lowest BCUT2D eigenvalue weighted by molar-refractivity contribution is -0.116. The average molecular weight is 412 g/mol. The Morgan fingerprint density at radius 2 is 2.00 bits per heavy atom. The van der Waals surface area contributed by atoms with E-state index in [1.807, 2.05) is 36.5 Å². The number of ether oxygens (including phenoxy) is 2. The molecule has 6 nitrogen and oxygen atoms in total. The van der Waals surface area contributed by atoms with E-state index in [9.17, 15) is 4.79 Å². The highest BCUT2D eigenvalue weighted by molar-refractivity contribution is 6.30. The molecule has 29 heavy (non-hydrogen) atoms. The lowest BCUT2D eigenvalue weighted by Gasteiger charge is -2.24. The summed E-state index contributed by atoms with van der Waals surface area (Å²) < 4.78 is 13.0. The molecule has 2 heterocycles. The topological polar surface area (TPSA) is 65.4 Å². The second kappa shape index (κ2) is 8.17. The Kier molecular flexibility index (Phi) is 5.45. The summed E-state index contributed by atoms with van der Waals surface area (Å²) in [6, 6.07) is 13.2. The highest BCUT2D eigenvalue weighted by Gasteiger charge is 2.31. The first-order valence-corrected chi connectivity index (χ1v) is 9.93. The van der Waals surface area contributed by atoms with Gasteiger partial charge in [0.15, 0.2) is 11.5 Å². The molecule has 0 aliphatic carbocycles. The van der Waals surface area contributed by atoms with E-state index in [1.54, 1.807) is 23.9 Å². The zero-order valence-corrected chi connectivity index (χ0v) is 17.1. The fourth-order valence-corrected chi connectivity index (χ4v) is 3.65. The van der Waals surface area contributed by atoms with E-state index >= 15 is 0 Å². The van der Waals surface area contributed by atoms with Crippen molar-refractivity contribution in [3.8, 4) is 17.2 Å². The largest absolute Gasteiger partial charge is 0.493 e. The SMILES string of the molecule is CCCOc1ccc([C@@H]2CC(=O)Nc3c2cnn3-c2ccc(Cl)cc2)cc1OC. The Morgan fingerprint density at radius 1 is 1.21 bits per heavy atom. The first-order valence-electron chi connectivity index (χ1n) is 9.55. The summed E-state index contributed by atoms with van der Waals surface area (Å²) in [6.07, 6.45) is 3.07. The summed E-state index contributed by atoms with van der Waals surface area (Å²) in [6.45, 7) is 2.68. The van der Waals surface area contributed by atoms with Gasteiger partial charge in [0, 0.05) is 22.9 Å². The van der Waals surface area contributed by atoms with Gasteiger partial charge in [-0.15, -0.1) is 0 Å². The number of nitrogens with zero attached hydrogens (tertiary/aromatic N) is 2. The molecule has 1 amide bonds. The summed E-state index contributed by atoms with van der Waals surface area (Å²) in [7, 11) is 1.62. The molecule has 150 valence electrons. The molecule has 0 fully saturated rings. The molecule has 0 radical (unpaired) electrons. The molecule has 7 heteroatoms. The quantitative estimate of drug-likeness (QED) is 0.632. The highest BCUT2D eigenvalue weighted by Crippen LogP contribution is 2.40. The monoisotopic (exact) mass is 411 g/mol. The Bertz CT molecular complexity index is 1030. The summed E-state index contributed by atoms with van der Waals surface area (Å²) >= 11 is 5.99. The second-order valence-electron chi connectivity index (χ2n) is 6.90. The van der Waals surface area contributed by atoms with Gasteiger partial charge in [0.05, 0.1) is 25.6 Å². The van der Waals surface area contributed by atoms with Crippen LogP contribution in [0.1, 0.15) is 36.8 Å². The first-order chi connectivity index (χ1) is 14.1. The van der Waals surface area contributed by atoms with Gasteiger partial charge in [0.2, 0.25) is 5.91 Å². The Labute approximate surface area is 174 Å². The summed E-state index contributed by atoms with van der Waals surface area (Å²) in [5, 5.41) is 8.12. The number of amides is 1. The molecule has 1 N–H and O–H groups in total. The van der Waals surface area contributed by atoms with Crippen LogP contribution in [0.2, 0.25) is 5.02 Å². The van der Waals surface area contributed by atoms with Gasteiger partial charge < -0.3 is 14.8 Å². The fourth-order valence-electron chi connectivity index (χ4n) is 3.53. The molecule has 4 rings (SSSR count). The van der Waals surface area contributed by atoms with Gasteiger partial charge in [-0.05, 0) is 48.4 Å². The molecular weight excluding hydrogens is 390 g/mol. The molecule has 0 spiro atoms. The van der Waals surface area contributed by atoms with Crippen LogP contribution < -0.4 is 14.8 Å². The van der Waals surface area contributed by atoms with Gasteiger partial charge in [-0.25, -0.2) is 4.68 Å². The molecule has 3 aromatic rings. The van der Waals surface area contributed by atoms with E-state index in [0.29, 0.717) is 35.4 Å². The number of rotatable bonds is 6. The van der Waals surface area contributed by atoms with Crippen molar-refractivity contribution in [3.63, 3.8) is 0 Å². The number of hydrogen-bond acceptors (Lipinski definition) is 4. The van der Waals surface area contributed by atoms with E-state index in [4.69, 9.17) is 21.1 Å². The maximum absolute atomic E-state index is 12.5. The van der Waals surface area contributed by atoms with Gasteiger partial charge in [0.25, 0.3) is 0 Å². The molecule has 1 aliphatic rings. The maximum atomic E-state index is 12.5. The summed E-state index contributed by atoms with van der Waals surface area (Å²) in [5.74, 6) is 1.88. The predicted molar refractivity (Wildman–Crippen MR) is 112 cm³/mol. The molecule has 0 unspecified atom stereocenters. The van der Waals surface area contributed by atoms with E-state index in [2.05, 4.69) is 17.3 Å². The van der Waals surface area contributed by atoms with Crippen molar-refractivity contribution in [2.45, 2.75) is 25.7 Å². The van der Waals surface area contributed by atoms with Crippen molar-refractivity contribution < 1.29 is 14.3 Å². The van der Waals surface area contributed by atoms with Gasteiger partial charge in [0.1, 0.15) is 5.82 Å². The van der Waals surface area contributed by atoms with Gasteiger partial charge in [-0.2, -0.15) is 5.10 Å². The number of fused-ring (bicyclic) bond motifs is 1. The van der Waals surface area contributed by atoms with Crippen molar-refractivity contribution in [3.05, 3.63) is 64.8 Å². The number of halogens is 1. The van der Waals surface area contributed by atoms with E-state index in [-0.39, 0.29) is 11.8 Å². The summed E-state index contributed by atoms with van der Waals surface area (Å²) in [4.78, 5) is 12.5. The van der Waals surface area contributed by atoms with E-state index in [1.165, 1.54) is 0 Å². The zero-order valence-electron chi connectivity index (χ0n) is 16.3. The minimum Gasteiger partial charge on any atom is -0.493 e. The van der Waals surface area contributed by atoms with E-state index in [0.717, 1.165) is 23.2 Å². The van der Waals surface area contributed by atoms with Crippen LogP contribution in [0, 0.1) is 0 Å². The third-order valence-corrected chi connectivity index (χ3v) is 5.20. The van der Waals surface area contributed by atoms with Crippen LogP contribution in [0.3, 0.4) is 0 Å². The second-order valence-corrected chi connectivity index (χ2v) is 7.34. The van der Waals surface area contributed by atoms with E-state index < -0.39 is 0 Å². The van der Waals surface area contributed by atoms with Crippen LogP contribution in [-0.4, -0.2) is 29.4 Å². The molecule has 0 bridgehead atoms. The maximum Gasteiger partial charge on any atom is 0.226 e. The lowest BCUT2D eigenvalue weighted by atomic mass is 9.87. The Balaban J connectivity index is 1.72. The number of hydrogen-bond donors (Lipinski definition) is 1. The summed E-state index contributed by atoms with van der Waals surface area (Å²) in [5.41, 5.74) is 2.78. The Hall–Kier alpha value is -2.99. The molecule has 1 aromatic heterocycles. The van der Waals surface area contributed by atoms with Crippen LogP contribution in [0.4, 0.5) is 5.82 Å². The van der Waals surface area contributed by atoms with Gasteiger partial charge >= 0.3 is 0 Å². The normalized spacial score (nSPS) is 15.6. The molecular formula is C22H22ClN3O3. The smallest absolute Gasteiger partial charge is 0.226 e. The molecule has 1 aliphatic heterocycles. The number of carbonyl (C=O) groups excluding carboxylic acids is 1. The number of nitrogens with one attached hydrogen (secondary N) is 1. The standard InChI is InChI=1S/C22H22ClN3O3/c1-3-10-29-19-9-4-14(11-20(19)28-2)17-12-21(27)25-22-18(17)13-24-26(22)16-7-5-15(23)6-8-16/h4-9,11,13,17H,3,10,12H2,1-2H3,(H,25,27)/t17-/m0/s1. The highest BCUT2D eigenvalue weighted by atomic mass is 35.5. The van der Waals surface area contributed by atoms with Gasteiger partial charge in [-0.1, -0.05) is 24.6 Å². The van der Waals surface area contributed by atoms with Crippen molar-refractivity contribution in [1.29, 1.82) is 0 Å². The molecule has 0 saturated heterocycles. The number of carbonyl (C=O) groups is 1. The molecule has 2 aromatic carbocycles. The minimum absolute atomic E-state index is 0.0523. The lowest BCUT2D eigenvalue weighted by Crippen LogP contribution is -2.24. The van der Waals surface area contributed by atoms with Gasteiger partial charge in [-0.3, -0.25) is 4.79 Å². The van der Waals surface area contributed by atoms with Crippen molar-refractivity contribution >= 4 is 23.3 Å². The molecule has 0 saturated carbocycles. The number of anilines is 1. The number of aromatic nitrogens is 2. The third kappa shape index (κ3) is 3.80. The average Bonchev–Trinajstić information content (AvgIpc) is 3.15. The zero-order chi connectivity index (χ0) is 20.4. The van der Waals surface area contributed by atoms with Crippen LogP contribution >= 0.6 is 11.6 Å². The fraction of sp³-hybridized carbons (Fsp3) is 0.273. The predicted octanol–water partition coefficient (Wildman–Crippen LogP) is 4.80. The third-order valence-electron chi connectivity index (χ3n) is 4.94. The minimum atomic E-state index is -0.117. The van der Waals surface area contributed by atoms with Crippen LogP contribution in [-0.2, 0) is 4.79 Å². The van der Waals surface area contributed by atoms with Crippen LogP contribution in [0.15, 0.2) is 48.7 Å². The van der Waals surface area contributed by atoms with Crippen molar-refractivity contribution in [1.82, 2.24) is 9.78 Å². The number of methoxy groups -OCH3 is 1. The first kappa shape index (κ1) is 19.3.